The van der Waals surface area contributed by atoms with Gasteiger partial charge in [0.05, 0.1) is 7.11 Å². The molecule has 0 atom stereocenters. The van der Waals surface area contributed by atoms with Crippen molar-refractivity contribution in [2.75, 3.05) is 38.2 Å². The van der Waals surface area contributed by atoms with Gasteiger partial charge in [-0.25, -0.2) is 9.97 Å². The lowest BCUT2D eigenvalue weighted by atomic mass is 10.2. The molecule has 0 unspecified atom stereocenters. The van der Waals surface area contributed by atoms with E-state index < -0.39 is 0 Å². The van der Waals surface area contributed by atoms with Crippen molar-refractivity contribution in [3.05, 3.63) is 41.7 Å². The van der Waals surface area contributed by atoms with E-state index in [1.165, 1.54) is 0 Å². The van der Waals surface area contributed by atoms with Gasteiger partial charge in [-0.3, -0.25) is 0 Å². The zero-order valence-electron chi connectivity index (χ0n) is 14.9. The summed E-state index contributed by atoms with van der Waals surface area (Å²) in [6.45, 7) is 7.20. The molecule has 2 aromatic rings. The molecule has 1 aliphatic rings. The Labute approximate surface area is 148 Å². The molecular weight excluding hydrogens is 316 g/mol. The summed E-state index contributed by atoms with van der Waals surface area (Å²) >= 11 is 0. The number of aromatic nitrogens is 2. The molecule has 132 valence electrons. The van der Waals surface area contributed by atoms with Crippen LogP contribution in [0, 0.1) is 13.8 Å². The summed E-state index contributed by atoms with van der Waals surface area (Å²) in [7, 11) is 1.68. The van der Waals surface area contributed by atoms with Crippen molar-refractivity contribution in [2.45, 2.75) is 13.8 Å². The first-order chi connectivity index (χ1) is 12.0. The molecule has 1 aliphatic heterocycles. The Morgan fingerprint density at radius 2 is 1.76 bits per heavy atom. The normalized spacial score (nSPS) is 15.4. The lowest BCUT2D eigenvalue weighted by Gasteiger charge is -2.36. The number of anilines is 1. The van der Waals surface area contributed by atoms with Gasteiger partial charge >= 0.3 is 0 Å². The number of aryl methyl sites for hydroxylation is 2. The van der Waals surface area contributed by atoms with E-state index in [-0.39, 0.29) is 0 Å². The van der Waals surface area contributed by atoms with Crippen LogP contribution in [0.1, 0.15) is 11.4 Å². The number of hydrogen-bond donors (Lipinski definition) is 1. The van der Waals surface area contributed by atoms with Gasteiger partial charge in [0.1, 0.15) is 5.75 Å². The van der Waals surface area contributed by atoms with Gasteiger partial charge in [0.2, 0.25) is 0 Å². The molecule has 1 saturated heterocycles. The molecule has 2 N–H and O–H groups in total. The van der Waals surface area contributed by atoms with Gasteiger partial charge in [-0.2, -0.15) is 4.99 Å². The maximum absolute atomic E-state index is 6.17. The lowest BCUT2D eigenvalue weighted by Crippen LogP contribution is -2.51. The van der Waals surface area contributed by atoms with Crippen LogP contribution in [0.5, 0.6) is 5.75 Å². The molecule has 1 aromatic heterocycles. The van der Waals surface area contributed by atoms with Gasteiger partial charge in [-0.15, -0.1) is 0 Å². The van der Waals surface area contributed by atoms with E-state index in [1.807, 2.05) is 32.0 Å². The molecule has 1 fully saturated rings. The van der Waals surface area contributed by atoms with Gasteiger partial charge in [0.15, 0.2) is 5.96 Å². The quantitative estimate of drug-likeness (QED) is 0.679. The minimum Gasteiger partial charge on any atom is -0.497 e. The average molecular weight is 340 g/mol. The molecule has 0 spiro atoms. The minimum atomic E-state index is 0.422. The summed E-state index contributed by atoms with van der Waals surface area (Å²) < 4.78 is 5.30. The Hall–Kier alpha value is -2.83. The molecule has 25 heavy (non-hydrogen) atoms. The number of ether oxygens (including phenoxy) is 1. The van der Waals surface area contributed by atoms with E-state index >= 15 is 0 Å². The second-order valence-corrected chi connectivity index (χ2v) is 6.10. The molecule has 7 heteroatoms. The predicted octanol–water partition coefficient (Wildman–Crippen LogP) is 1.87. The first-order valence-electron chi connectivity index (χ1n) is 8.35. The highest BCUT2D eigenvalue weighted by atomic mass is 16.5. The first-order valence-corrected chi connectivity index (χ1v) is 8.35. The summed E-state index contributed by atoms with van der Waals surface area (Å²) in [5, 5.41) is 0. The second-order valence-electron chi connectivity index (χ2n) is 6.10. The Bertz CT molecular complexity index is 748. The van der Waals surface area contributed by atoms with Crippen molar-refractivity contribution in [1.82, 2.24) is 14.9 Å². The van der Waals surface area contributed by atoms with Crippen molar-refractivity contribution in [1.29, 1.82) is 0 Å². The van der Waals surface area contributed by atoms with Crippen LogP contribution in [0.4, 0.5) is 11.6 Å². The Kier molecular flexibility index (Phi) is 5.02. The van der Waals surface area contributed by atoms with Crippen LogP contribution in [-0.4, -0.2) is 54.1 Å². The fourth-order valence-electron chi connectivity index (χ4n) is 2.93. The van der Waals surface area contributed by atoms with E-state index in [0.29, 0.717) is 11.9 Å². The summed E-state index contributed by atoms with van der Waals surface area (Å²) in [6, 6.07) is 10.0. The van der Waals surface area contributed by atoms with Crippen molar-refractivity contribution < 1.29 is 4.74 Å². The molecule has 7 nitrogen and oxygen atoms in total. The summed E-state index contributed by atoms with van der Waals surface area (Å²) in [4.78, 5) is 17.4. The SMILES string of the molecule is COc1cccc(N2CCN(/C(N)=N/c3nc(C)cc(C)n3)CC2)c1. The van der Waals surface area contributed by atoms with E-state index in [4.69, 9.17) is 10.5 Å². The number of aliphatic imine (C=N–C) groups is 1. The molecule has 3 rings (SSSR count). The van der Waals surface area contributed by atoms with Crippen molar-refractivity contribution in [3.63, 3.8) is 0 Å². The van der Waals surface area contributed by atoms with Crippen LogP contribution in [0.15, 0.2) is 35.3 Å². The van der Waals surface area contributed by atoms with E-state index in [2.05, 4.69) is 36.9 Å². The summed E-state index contributed by atoms with van der Waals surface area (Å²) in [5.74, 6) is 1.76. The average Bonchev–Trinajstić information content (AvgIpc) is 2.61. The third kappa shape index (κ3) is 4.17. The zero-order valence-corrected chi connectivity index (χ0v) is 14.9. The van der Waals surface area contributed by atoms with Gasteiger partial charge in [0.25, 0.3) is 5.95 Å². The van der Waals surface area contributed by atoms with Gasteiger partial charge < -0.3 is 20.3 Å². The van der Waals surface area contributed by atoms with Crippen LogP contribution >= 0.6 is 0 Å². The monoisotopic (exact) mass is 340 g/mol. The molecule has 2 heterocycles. The van der Waals surface area contributed by atoms with Crippen LogP contribution in [0.3, 0.4) is 0 Å². The maximum Gasteiger partial charge on any atom is 0.253 e. The second kappa shape index (κ2) is 7.38. The Morgan fingerprint density at radius 1 is 1.08 bits per heavy atom. The minimum absolute atomic E-state index is 0.422. The molecular formula is C18H24N6O. The Morgan fingerprint density at radius 3 is 2.40 bits per heavy atom. The largest absolute Gasteiger partial charge is 0.497 e. The fraction of sp³-hybridized carbons (Fsp3) is 0.389. The van der Waals surface area contributed by atoms with Gasteiger partial charge in [0, 0.05) is 49.3 Å². The van der Waals surface area contributed by atoms with Crippen LogP contribution < -0.4 is 15.4 Å². The van der Waals surface area contributed by atoms with Crippen molar-refractivity contribution in [2.24, 2.45) is 10.7 Å². The summed E-state index contributed by atoms with van der Waals surface area (Å²) in [6.07, 6.45) is 0. The highest BCUT2D eigenvalue weighted by Gasteiger charge is 2.19. The first kappa shape index (κ1) is 17.0. The number of guanidine groups is 1. The number of rotatable bonds is 3. The van der Waals surface area contributed by atoms with E-state index in [0.717, 1.165) is 49.0 Å². The molecule has 0 radical (unpaired) electrons. The van der Waals surface area contributed by atoms with Crippen LogP contribution in [0.2, 0.25) is 0 Å². The van der Waals surface area contributed by atoms with Crippen LogP contribution in [0.25, 0.3) is 0 Å². The highest BCUT2D eigenvalue weighted by Crippen LogP contribution is 2.22. The number of nitrogens with two attached hydrogens (primary N) is 1. The molecule has 0 saturated carbocycles. The fourth-order valence-corrected chi connectivity index (χ4v) is 2.93. The smallest absolute Gasteiger partial charge is 0.253 e. The van der Waals surface area contributed by atoms with Crippen molar-refractivity contribution >= 4 is 17.6 Å². The molecule has 0 bridgehead atoms. The zero-order chi connectivity index (χ0) is 17.8. The standard InChI is InChI=1S/C18H24N6O/c1-13-11-14(2)21-18(20-13)22-17(19)24-9-7-23(8-10-24)15-5-4-6-16(12-15)25-3/h4-6,11-12H,7-10H2,1-3H3,(H2,19,20,21,22). The maximum atomic E-state index is 6.17. The number of methoxy groups -OCH3 is 1. The van der Waals surface area contributed by atoms with E-state index in [1.54, 1.807) is 7.11 Å². The third-order valence-electron chi connectivity index (χ3n) is 4.21. The summed E-state index contributed by atoms with van der Waals surface area (Å²) in [5.41, 5.74) is 9.11. The molecule has 1 aromatic carbocycles. The number of nitrogens with zero attached hydrogens (tertiary/aromatic N) is 5. The van der Waals surface area contributed by atoms with Crippen molar-refractivity contribution in [3.8, 4) is 5.75 Å². The lowest BCUT2D eigenvalue weighted by molar-refractivity contribution is 0.381. The highest BCUT2D eigenvalue weighted by molar-refractivity contribution is 5.80. The number of benzene rings is 1. The third-order valence-corrected chi connectivity index (χ3v) is 4.21. The van der Waals surface area contributed by atoms with Gasteiger partial charge in [-0.1, -0.05) is 6.07 Å². The molecule has 0 amide bonds. The number of hydrogen-bond acceptors (Lipinski definition) is 5. The molecule has 0 aliphatic carbocycles. The number of piperazine rings is 1. The van der Waals surface area contributed by atoms with Crippen LogP contribution in [-0.2, 0) is 0 Å². The Balaban J connectivity index is 1.66. The topological polar surface area (TPSA) is 79.9 Å². The van der Waals surface area contributed by atoms with E-state index in [9.17, 15) is 0 Å². The predicted molar refractivity (Wildman–Crippen MR) is 99.6 cm³/mol. The van der Waals surface area contributed by atoms with Gasteiger partial charge in [-0.05, 0) is 32.0 Å².